The number of allylic oxidation sites excluding steroid dienone is 1. The van der Waals surface area contributed by atoms with Gasteiger partial charge in [0.05, 0.1) is 11.1 Å². The number of hydrogen-bond acceptors (Lipinski definition) is 2. The Balaban J connectivity index is 3.50. The first kappa shape index (κ1) is 17.1. The third-order valence-electron chi connectivity index (χ3n) is 2.70. The molecule has 0 aliphatic rings. The highest BCUT2D eigenvalue weighted by Gasteiger charge is 2.37. The SMILES string of the molecule is C=CCC(C(=O)[O-])c1cc(C(F)(F)F)cc(C(F)(F)F)c1. The van der Waals surface area contributed by atoms with Gasteiger partial charge < -0.3 is 9.90 Å². The lowest BCUT2D eigenvalue weighted by atomic mass is 9.92. The summed E-state index contributed by atoms with van der Waals surface area (Å²) in [6.45, 7) is 3.22. The zero-order valence-corrected chi connectivity index (χ0v) is 10.4. The Labute approximate surface area is 115 Å². The minimum Gasteiger partial charge on any atom is -0.549 e. The van der Waals surface area contributed by atoms with E-state index in [0.29, 0.717) is 12.1 Å². The zero-order chi connectivity index (χ0) is 16.4. The standard InChI is InChI=1S/C13H10F6O2/c1-2-3-10(11(20)21)7-4-8(12(14,15)16)6-9(5-7)13(17,18)19/h2,4-6,10H,1,3H2,(H,20,21)/p-1. The molecule has 0 amide bonds. The minimum atomic E-state index is -5.03. The van der Waals surface area contributed by atoms with Crippen LogP contribution in [0.5, 0.6) is 0 Å². The van der Waals surface area contributed by atoms with Gasteiger partial charge in [-0.05, 0) is 30.2 Å². The lowest BCUT2D eigenvalue weighted by molar-refractivity contribution is -0.308. The molecule has 1 unspecified atom stereocenters. The van der Waals surface area contributed by atoms with Crippen LogP contribution in [0.1, 0.15) is 29.0 Å². The van der Waals surface area contributed by atoms with Gasteiger partial charge in [0.2, 0.25) is 0 Å². The van der Waals surface area contributed by atoms with Gasteiger partial charge in [0.25, 0.3) is 0 Å². The van der Waals surface area contributed by atoms with Crippen LogP contribution in [0.3, 0.4) is 0 Å². The maximum atomic E-state index is 12.6. The van der Waals surface area contributed by atoms with Crippen molar-refractivity contribution in [3.05, 3.63) is 47.5 Å². The molecule has 0 saturated carbocycles. The number of carboxylic acid groups (broad SMARTS) is 1. The highest BCUT2D eigenvalue weighted by atomic mass is 19.4. The van der Waals surface area contributed by atoms with Crippen molar-refractivity contribution in [2.24, 2.45) is 0 Å². The van der Waals surface area contributed by atoms with E-state index >= 15 is 0 Å². The van der Waals surface area contributed by atoms with Crippen LogP contribution in [0, 0.1) is 0 Å². The second-order valence-corrected chi connectivity index (χ2v) is 4.24. The molecule has 0 N–H and O–H groups in total. The van der Waals surface area contributed by atoms with Crippen LogP contribution in [-0.4, -0.2) is 5.97 Å². The van der Waals surface area contributed by atoms with Gasteiger partial charge in [-0.25, -0.2) is 0 Å². The summed E-state index contributed by atoms with van der Waals surface area (Å²) in [7, 11) is 0. The first-order valence-electron chi connectivity index (χ1n) is 5.58. The fourth-order valence-corrected chi connectivity index (χ4v) is 1.72. The number of hydrogen-bond donors (Lipinski definition) is 0. The molecule has 0 aliphatic heterocycles. The molecule has 2 nitrogen and oxygen atoms in total. The zero-order valence-electron chi connectivity index (χ0n) is 10.4. The van der Waals surface area contributed by atoms with Crippen molar-refractivity contribution in [1.29, 1.82) is 0 Å². The van der Waals surface area contributed by atoms with E-state index in [1.807, 2.05) is 0 Å². The number of aliphatic carboxylic acids is 1. The Morgan fingerprint density at radius 1 is 1.10 bits per heavy atom. The highest BCUT2D eigenvalue weighted by molar-refractivity contribution is 5.74. The molecule has 0 saturated heterocycles. The molecule has 0 aliphatic carbocycles. The molecular weight excluding hydrogens is 302 g/mol. The van der Waals surface area contributed by atoms with Gasteiger partial charge in [-0.3, -0.25) is 0 Å². The van der Waals surface area contributed by atoms with E-state index in [0.717, 1.165) is 6.08 Å². The summed E-state index contributed by atoms with van der Waals surface area (Å²) in [6, 6.07) is 0.683. The summed E-state index contributed by atoms with van der Waals surface area (Å²) >= 11 is 0. The molecule has 0 fully saturated rings. The third kappa shape index (κ3) is 4.24. The van der Waals surface area contributed by atoms with E-state index < -0.39 is 40.9 Å². The lowest BCUT2D eigenvalue weighted by Crippen LogP contribution is -2.30. The average molecular weight is 311 g/mol. The van der Waals surface area contributed by atoms with Gasteiger partial charge in [-0.1, -0.05) is 6.08 Å². The van der Waals surface area contributed by atoms with Gasteiger partial charge in [-0.2, -0.15) is 26.3 Å². The smallest absolute Gasteiger partial charge is 0.416 e. The Bertz CT molecular complexity index is 512. The van der Waals surface area contributed by atoms with E-state index in [2.05, 4.69) is 6.58 Å². The quantitative estimate of drug-likeness (QED) is 0.633. The number of rotatable bonds is 4. The summed E-state index contributed by atoms with van der Waals surface area (Å²) in [6.07, 6.45) is -9.32. The monoisotopic (exact) mass is 311 g/mol. The summed E-state index contributed by atoms with van der Waals surface area (Å²) < 4.78 is 75.8. The summed E-state index contributed by atoms with van der Waals surface area (Å²) in [5.41, 5.74) is -3.76. The highest BCUT2D eigenvalue weighted by Crippen LogP contribution is 2.38. The first-order valence-corrected chi connectivity index (χ1v) is 5.58. The molecule has 1 rings (SSSR count). The Hall–Kier alpha value is -1.99. The van der Waals surface area contributed by atoms with Crippen molar-refractivity contribution in [1.82, 2.24) is 0 Å². The molecule has 116 valence electrons. The number of carboxylic acids is 1. The van der Waals surface area contributed by atoms with E-state index in [1.165, 1.54) is 0 Å². The molecular formula is C13H9F6O2-. The summed E-state index contributed by atoms with van der Waals surface area (Å²) in [4.78, 5) is 10.9. The van der Waals surface area contributed by atoms with E-state index in [-0.39, 0.29) is 12.5 Å². The second kappa shape index (κ2) is 5.79. The van der Waals surface area contributed by atoms with Crippen molar-refractivity contribution in [3.63, 3.8) is 0 Å². The van der Waals surface area contributed by atoms with Crippen molar-refractivity contribution in [2.75, 3.05) is 0 Å². The normalized spacial score (nSPS) is 13.8. The average Bonchev–Trinajstić information content (AvgIpc) is 2.32. The van der Waals surface area contributed by atoms with Gasteiger partial charge in [0, 0.05) is 11.9 Å². The topological polar surface area (TPSA) is 40.1 Å². The molecule has 0 heterocycles. The predicted molar refractivity (Wildman–Crippen MR) is 59.0 cm³/mol. The van der Waals surface area contributed by atoms with Crippen LogP contribution in [0.25, 0.3) is 0 Å². The molecule has 0 bridgehead atoms. The predicted octanol–water partition coefficient (Wildman–Crippen LogP) is 3.13. The van der Waals surface area contributed by atoms with Gasteiger partial charge in [0.1, 0.15) is 0 Å². The lowest BCUT2D eigenvalue weighted by Gasteiger charge is -2.20. The van der Waals surface area contributed by atoms with Crippen LogP contribution in [0.2, 0.25) is 0 Å². The number of benzene rings is 1. The fourth-order valence-electron chi connectivity index (χ4n) is 1.72. The second-order valence-electron chi connectivity index (χ2n) is 4.24. The number of halogens is 6. The van der Waals surface area contributed by atoms with E-state index in [4.69, 9.17) is 0 Å². The molecule has 0 radical (unpaired) electrons. The van der Waals surface area contributed by atoms with Crippen molar-refractivity contribution >= 4 is 5.97 Å². The molecule has 1 aromatic rings. The molecule has 1 aromatic carbocycles. The largest absolute Gasteiger partial charge is 0.549 e. The van der Waals surface area contributed by atoms with E-state index in [9.17, 15) is 36.2 Å². The molecule has 0 aromatic heterocycles. The van der Waals surface area contributed by atoms with E-state index in [1.54, 1.807) is 0 Å². The van der Waals surface area contributed by atoms with Crippen LogP contribution < -0.4 is 5.11 Å². The van der Waals surface area contributed by atoms with Crippen LogP contribution >= 0.6 is 0 Å². The Kier molecular flexibility index (Phi) is 4.70. The Morgan fingerprint density at radius 2 is 1.52 bits per heavy atom. The molecule has 1 atom stereocenters. The number of carbonyl (C=O) groups is 1. The summed E-state index contributed by atoms with van der Waals surface area (Å²) in [5.74, 6) is -3.41. The van der Waals surface area contributed by atoms with Gasteiger partial charge in [0.15, 0.2) is 0 Å². The van der Waals surface area contributed by atoms with Crippen LogP contribution in [0.4, 0.5) is 26.3 Å². The van der Waals surface area contributed by atoms with Crippen LogP contribution in [-0.2, 0) is 17.1 Å². The van der Waals surface area contributed by atoms with Crippen molar-refractivity contribution in [2.45, 2.75) is 24.7 Å². The molecule has 0 spiro atoms. The molecule has 8 heteroatoms. The van der Waals surface area contributed by atoms with Crippen molar-refractivity contribution < 1.29 is 36.2 Å². The van der Waals surface area contributed by atoms with Gasteiger partial charge >= 0.3 is 12.4 Å². The maximum absolute atomic E-state index is 12.6. The fraction of sp³-hybridized carbons (Fsp3) is 0.308. The molecule has 21 heavy (non-hydrogen) atoms. The number of alkyl halides is 6. The third-order valence-corrected chi connectivity index (χ3v) is 2.70. The van der Waals surface area contributed by atoms with Crippen LogP contribution in [0.15, 0.2) is 30.9 Å². The van der Waals surface area contributed by atoms with Crippen molar-refractivity contribution in [3.8, 4) is 0 Å². The number of carbonyl (C=O) groups excluding carboxylic acids is 1. The maximum Gasteiger partial charge on any atom is 0.416 e. The Morgan fingerprint density at radius 3 is 1.81 bits per heavy atom. The van der Waals surface area contributed by atoms with Gasteiger partial charge in [-0.15, -0.1) is 6.58 Å². The minimum absolute atomic E-state index is 0.0657. The first-order chi connectivity index (χ1) is 9.46. The summed E-state index contributed by atoms with van der Waals surface area (Å²) in [5, 5.41) is 10.9.